The summed E-state index contributed by atoms with van der Waals surface area (Å²) in [5.41, 5.74) is 4.22. The van der Waals surface area contributed by atoms with Crippen LogP contribution in [-0.4, -0.2) is 15.0 Å². The number of rotatable bonds is 4. The van der Waals surface area contributed by atoms with Crippen molar-refractivity contribution in [2.75, 3.05) is 0 Å². The Morgan fingerprint density at radius 1 is 0.545 bits per heavy atom. The molecular formula is C28H17FN4. The Balaban J connectivity index is 1.75. The Morgan fingerprint density at radius 2 is 1.09 bits per heavy atom. The van der Waals surface area contributed by atoms with Gasteiger partial charge in [-0.1, -0.05) is 84.9 Å². The smallest absolute Gasteiger partial charge is 0.164 e. The number of halogens is 1. The Bertz CT molecular complexity index is 1480. The largest absolute Gasteiger partial charge is 0.208 e. The summed E-state index contributed by atoms with van der Waals surface area (Å²) in [5.74, 6) is 0.800. The molecule has 0 unspecified atom stereocenters. The summed E-state index contributed by atoms with van der Waals surface area (Å²) in [5, 5.41) is 9.27. The van der Waals surface area contributed by atoms with Crippen molar-refractivity contribution >= 4 is 0 Å². The van der Waals surface area contributed by atoms with E-state index in [1.165, 1.54) is 12.1 Å². The van der Waals surface area contributed by atoms with Gasteiger partial charge in [0, 0.05) is 16.7 Å². The minimum atomic E-state index is -0.576. The SMILES string of the molecule is N#Cc1cc(-c2nc(-c3ccccc3)nc(-c3ccccc3-c3ccccc3)n2)ccc1F. The monoisotopic (exact) mass is 428 g/mol. The van der Waals surface area contributed by atoms with E-state index in [2.05, 4.69) is 4.98 Å². The van der Waals surface area contributed by atoms with E-state index in [1.54, 1.807) is 6.07 Å². The van der Waals surface area contributed by atoms with Gasteiger partial charge in [-0.25, -0.2) is 19.3 Å². The quantitative estimate of drug-likeness (QED) is 0.326. The number of hydrogen-bond donors (Lipinski definition) is 0. The molecule has 1 aromatic heterocycles. The van der Waals surface area contributed by atoms with Gasteiger partial charge in [0.25, 0.3) is 0 Å². The Morgan fingerprint density at radius 3 is 1.76 bits per heavy atom. The molecule has 0 aliphatic heterocycles. The van der Waals surface area contributed by atoms with Crippen molar-refractivity contribution < 1.29 is 4.39 Å². The minimum Gasteiger partial charge on any atom is -0.208 e. The van der Waals surface area contributed by atoms with E-state index in [0.717, 1.165) is 22.3 Å². The van der Waals surface area contributed by atoms with Gasteiger partial charge in [-0.2, -0.15) is 5.26 Å². The highest BCUT2D eigenvalue weighted by Gasteiger charge is 2.16. The van der Waals surface area contributed by atoms with Crippen molar-refractivity contribution in [3.8, 4) is 51.4 Å². The second kappa shape index (κ2) is 8.81. The van der Waals surface area contributed by atoms with Crippen LogP contribution in [0, 0.1) is 17.1 Å². The zero-order valence-electron chi connectivity index (χ0n) is 17.5. The first-order valence-corrected chi connectivity index (χ1v) is 10.4. The fraction of sp³-hybridized carbons (Fsp3) is 0. The molecule has 4 nitrogen and oxygen atoms in total. The molecule has 0 saturated carbocycles. The average Bonchev–Trinajstić information content (AvgIpc) is 2.90. The van der Waals surface area contributed by atoms with Gasteiger partial charge in [-0.05, 0) is 29.3 Å². The molecule has 0 bridgehead atoms. The van der Waals surface area contributed by atoms with Crippen LogP contribution in [0.4, 0.5) is 4.39 Å². The van der Waals surface area contributed by atoms with Crippen molar-refractivity contribution in [3.63, 3.8) is 0 Å². The third-order valence-corrected chi connectivity index (χ3v) is 5.27. The molecule has 0 spiro atoms. The van der Waals surface area contributed by atoms with Crippen molar-refractivity contribution in [1.82, 2.24) is 15.0 Å². The first-order chi connectivity index (χ1) is 16.2. The first kappa shape index (κ1) is 20.2. The summed E-state index contributed by atoms with van der Waals surface area (Å²) in [6, 6.07) is 33.8. The molecule has 0 radical (unpaired) electrons. The summed E-state index contributed by atoms with van der Waals surface area (Å²) in [7, 11) is 0. The lowest BCUT2D eigenvalue weighted by atomic mass is 9.99. The molecule has 0 fully saturated rings. The van der Waals surface area contributed by atoms with Gasteiger partial charge in [0.15, 0.2) is 17.5 Å². The molecule has 33 heavy (non-hydrogen) atoms. The Kier molecular flexibility index (Phi) is 5.40. The highest BCUT2D eigenvalue weighted by atomic mass is 19.1. The van der Waals surface area contributed by atoms with E-state index >= 15 is 0 Å². The predicted octanol–water partition coefficient (Wildman–Crippen LogP) is 6.55. The zero-order chi connectivity index (χ0) is 22.6. The van der Waals surface area contributed by atoms with Crippen molar-refractivity contribution in [2.45, 2.75) is 0 Å². The third kappa shape index (κ3) is 4.10. The maximum atomic E-state index is 13.9. The van der Waals surface area contributed by atoms with Crippen molar-refractivity contribution in [2.24, 2.45) is 0 Å². The number of nitrogens with zero attached hydrogens (tertiary/aromatic N) is 4. The lowest BCUT2D eigenvalue weighted by Gasteiger charge is -2.12. The van der Waals surface area contributed by atoms with E-state index in [9.17, 15) is 9.65 Å². The molecule has 5 aromatic rings. The molecule has 5 heteroatoms. The van der Waals surface area contributed by atoms with Crippen LogP contribution in [0.1, 0.15) is 5.56 Å². The van der Waals surface area contributed by atoms with Crippen LogP contribution in [0.15, 0.2) is 103 Å². The van der Waals surface area contributed by atoms with E-state index in [1.807, 2.05) is 91.0 Å². The van der Waals surface area contributed by atoms with Crippen LogP contribution < -0.4 is 0 Å². The van der Waals surface area contributed by atoms with E-state index in [-0.39, 0.29) is 5.56 Å². The summed E-state index contributed by atoms with van der Waals surface area (Å²) >= 11 is 0. The fourth-order valence-corrected chi connectivity index (χ4v) is 3.64. The topological polar surface area (TPSA) is 62.5 Å². The van der Waals surface area contributed by atoms with Gasteiger partial charge < -0.3 is 0 Å². The fourth-order valence-electron chi connectivity index (χ4n) is 3.64. The van der Waals surface area contributed by atoms with E-state index in [4.69, 9.17) is 9.97 Å². The van der Waals surface area contributed by atoms with Gasteiger partial charge >= 0.3 is 0 Å². The highest BCUT2D eigenvalue weighted by molar-refractivity contribution is 5.81. The predicted molar refractivity (Wildman–Crippen MR) is 126 cm³/mol. The number of benzene rings is 4. The molecule has 1 heterocycles. The van der Waals surface area contributed by atoms with Gasteiger partial charge in [0.2, 0.25) is 0 Å². The molecule has 0 aliphatic carbocycles. The zero-order valence-corrected chi connectivity index (χ0v) is 17.5. The standard InChI is InChI=1S/C28H17FN4/c29-25-16-15-21(17-22(25)18-30)27-31-26(20-11-5-2-6-12-20)32-28(33-27)24-14-8-7-13-23(24)19-9-3-1-4-10-19/h1-17H. The lowest BCUT2D eigenvalue weighted by molar-refractivity contribution is 0.624. The van der Waals surface area contributed by atoms with Crippen LogP contribution in [0.25, 0.3) is 45.3 Å². The van der Waals surface area contributed by atoms with Crippen molar-refractivity contribution in [1.29, 1.82) is 5.26 Å². The maximum Gasteiger partial charge on any atom is 0.164 e. The lowest BCUT2D eigenvalue weighted by Crippen LogP contribution is -2.01. The average molecular weight is 428 g/mol. The molecule has 0 aliphatic rings. The first-order valence-electron chi connectivity index (χ1n) is 10.4. The van der Waals surface area contributed by atoms with Gasteiger partial charge in [0.1, 0.15) is 11.9 Å². The van der Waals surface area contributed by atoms with E-state index in [0.29, 0.717) is 23.0 Å². The molecule has 5 rings (SSSR count). The van der Waals surface area contributed by atoms with Crippen LogP contribution in [0.5, 0.6) is 0 Å². The molecule has 0 saturated heterocycles. The molecular weight excluding hydrogens is 411 g/mol. The molecule has 0 N–H and O–H groups in total. The van der Waals surface area contributed by atoms with Crippen LogP contribution in [-0.2, 0) is 0 Å². The molecule has 0 amide bonds. The van der Waals surface area contributed by atoms with Gasteiger partial charge in [-0.15, -0.1) is 0 Å². The van der Waals surface area contributed by atoms with Crippen molar-refractivity contribution in [3.05, 3.63) is 115 Å². The number of aromatic nitrogens is 3. The Hall–Kier alpha value is -4.69. The third-order valence-electron chi connectivity index (χ3n) is 5.27. The summed E-state index contributed by atoms with van der Waals surface area (Å²) in [6.07, 6.45) is 0. The number of nitriles is 1. The van der Waals surface area contributed by atoms with Crippen LogP contribution >= 0.6 is 0 Å². The molecule has 156 valence electrons. The van der Waals surface area contributed by atoms with Gasteiger partial charge in [0.05, 0.1) is 5.56 Å². The summed E-state index contributed by atoms with van der Waals surface area (Å²) < 4.78 is 13.9. The highest BCUT2D eigenvalue weighted by Crippen LogP contribution is 2.32. The minimum absolute atomic E-state index is 0.0552. The van der Waals surface area contributed by atoms with E-state index < -0.39 is 5.82 Å². The van der Waals surface area contributed by atoms with Gasteiger partial charge in [-0.3, -0.25) is 0 Å². The summed E-state index contributed by atoms with van der Waals surface area (Å²) in [4.78, 5) is 14.2. The summed E-state index contributed by atoms with van der Waals surface area (Å²) in [6.45, 7) is 0. The van der Waals surface area contributed by atoms with Crippen LogP contribution in [0.3, 0.4) is 0 Å². The molecule has 4 aromatic carbocycles. The number of hydrogen-bond acceptors (Lipinski definition) is 4. The second-order valence-electron chi connectivity index (χ2n) is 7.39. The normalized spacial score (nSPS) is 10.5. The molecule has 0 atom stereocenters. The maximum absolute atomic E-state index is 13.9. The second-order valence-corrected chi connectivity index (χ2v) is 7.39. The van der Waals surface area contributed by atoms with Crippen LogP contribution in [0.2, 0.25) is 0 Å². The Labute approximate surface area is 190 Å².